The Hall–Kier alpha value is -3.02. The van der Waals surface area contributed by atoms with Crippen molar-refractivity contribution in [3.8, 4) is 5.75 Å². The fraction of sp³-hybridized carbons (Fsp3) is 0.548. The van der Waals surface area contributed by atoms with Crippen molar-refractivity contribution in [3.63, 3.8) is 0 Å². The Balaban J connectivity index is 1.99. The third kappa shape index (κ3) is 12.2. The first-order valence-corrected chi connectivity index (χ1v) is 13.7. The first kappa shape index (κ1) is 30.2. The fourth-order valence-electron chi connectivity index (χ4n) is 3.92. The van der Waals surface area contributed by atoms with Gasteiger partial charge in [-0.25, -0.2) is 9.59 Å². The summed E-state index contributed by atoms with van der Waals surface area (Å²) in [5.41, 5.74) is 1.59. The maximum Gasteiger partial charge on any atom is 0.410 e. The molecule has 0 fully saturated rings. The molecular formula is C31H45NO5. The average Bonchev–Trinajstić information content (AvgIpc) is 2.86. The van der Waals surface area contributed by atoms with Crippen LogP contribution in [0.5, 0.6) is 5.75 Å². The van der Waals surface area contributed by atoms with Crippen molar-refractivity contribution in [2.24, 2.45) is 0 Å². The van der Waals surface area contributed by atoms with Crippen molar-refractivity contribution in [2.75, 3.05) is 19.7 Å². The molecule has 2 aromatic carbocycles. The molecule has 1 atom stereocenters. The van der Waals surface area contributed by atoms with Crippen molar-refractivity contribution in [2.45, 2.75) is 91.3 Å². The van der Waals surface area contributed by atoms with Gasteiger partial charge >= 0.3 is 12.1 Å². The maximum atomic E-state index is 12.8. The number of esters is 1. The minimum atomic E-state index is -0.719. The molecule has 0 aliphatic heterocycles. The highest BCUT2D eigenvalue weighted by atomic mass is 16.6. The first-order valence-electron chi connectivity index (χ1n) is 13.7. The van der Waals surface area contributed by atoms with Crippen LogP contribution >= 0.6 is 0 Å². The summed E-state index contributed by atoms with van der Waals surface area (Å²) in [6.07, 6.45) is 5.89. The van der Waals surface area contributed by atoms with Gasteiger partial charge in [0.15, 0.2) is 6.10 Å². The van der Waals surface area contributed by atoms with E-state index >= 15 is 0 Å². The Bertz CT molecular complexity index is 921. The predicted octanol–water partition coefficient (Wildman–Crippen LogP) is 6.99. The van der Waals surface area contributed by atoms with E-state index in [2.05, 4.69) is 19.1 Å². The van der Waals surface area contributed by atoms with E-state index < -0.39 is 11.7 Å². The molecule has 0 bridgehead atoms. The minimum Gasteiger partial charge on any atom is -0.478 e. The molecule has 204 valence electrons. The Morgan fingerprint density at radius 3 is 2.11 bits per heavy atom. The molecule has 37 heavy (non-hydrogen) atoms. The Morgan fingerprint density at radius 1 is 0.838 bits per heavy atom. The zero-order valence-corrected chi connectivity index (χ0v) is 23.3. The molecule has 6 nitrogen and oxygen atoms in total. The second-order valence-electron chi connectivity index (χ2n) is 10.3. The summed E-state index contributed by atoms with van der Waals surface area (Å²) in [6, 6.07) is 17.4. The summed E-state index contributed by atoms with van der Waals surface area (Å²) in [5, 5.41) is 0. The highest BCUT2D eigenvalue weighted by Gasteiger charge is 2.23. The lowest BCUT2D eigenvalue weighted by atomic mass is 10.0. The van der Waals surface area contributed by atoms with Gasteiger partial charge in [0.2, 0.25) is 0 Å². The van der Waals surface area contributed by atoms with E-state index in [1.54, 1.807) is 6.92 Å². The summed E-state index contributed by atoms with van der Waals surface area (Å²) in [4.78, 5) is 27.1. The number of benzene rings is 2. The van der Waals surface area contributed by atoms with Gasteiger partial charge < -0.3 is 19.1 Å². The second-order valence-corrected chi connectivity index (χ2v) is 10.3. The van der Waals surface area contributed by atoms with Gasteiger partial charge in [-0.2, -0.15) is 0 Å². The molecule has 2 rings (SSSR count). The van der Waals surface area contributed by atoms with Crippen LogP contribution in [-0.2, 0) is 27.1 Å². The number of carbonyl (C=O) groups excluding carboxylic acids is 2. The van der Waals surface area contributed by atoms with Gasteiger partial charge in [-0.15, -0.1) is 0 Å². The van der Waals surface area contributed by atoms with Crippen LogP contribution in [0.25, 0.3) is 0 Å². The molecule has 0 heterocycles. The lowest BCUT2D eigenvalue weighted by Crippen LogP contribution is -2.38. The quantitative estimate of drug-likeness (QED) is 0.190. The average molecular weight is 512 g/mol. The smallest absolute Gasteiger partial charge is 0.410 e. The van der Waals surface area contributed by atoms with Crippen molar-refractivity contribution < 1.29 is 23.8 Å². The lowest BCUT2D eigenvalue weighted by Gasteiger charge is -2.27. The number of hydrogen-bond acceptors (Lipinski definition) is 5. The van der Waals surface area contributed by atoms with Crippen LogP contribution in [0.3, 0.4) is 0 Å². The number of rotatable bonds is 15. The van der Waals surface area contributed by atoms with Crippen LogP contribution in [0.4, 0.5) is 4.79 Å². The van der Waals surface area contributed by atoms with Crippen molar-refractivity contribution in [1.29, 1.82) is 0 Å². The van der Waals surface area contributed by atoms with E-state index in [4.69, 9.17) is 14.2 Å². The van der Waals surface area contributed by atoms with Crippen LogP contribution in [0.15, 0.2) is 54.6 Å². The van der Waals surface area contributed by atoms with Gasteiger partial charge in [0.25, 0.3) is 0 Å². The largest absolute Gasteiger partial charge is 0.478 e. The van der Waals surface area contributed by atoms with E-state index in [0.717, 1.165) is 30.4 Å². The Morgan fingerprint density at radius 2 is 1.49 bits per heavy atom. The normalized spacial score (nSPS) is 12.0. The van der Waals surface area contributed by atoms with Crippen LogP contribution in [0.1, 0.15) is 77.8 Å². The molecule has 6 heteroatoms. The molecular weight excluding hydrogens is 466 g/mol. The summed E-state index contributed by atoms with van der Waals surface area (Å²) in [7, 11) is 0. The zero-order valence-electron chi connectivity index (χ0n) is 23.3. The SMILES string of the molecule is CCCCCCCN(CCc1ccc(CC(Oc2ccccc2)C(=O)OCC)cc1)C(=O)OC(C)(C)C. The van der Waals surface area contributed by atoms with E-state index in [9.17, 15) is 9.59 Å². The summed E-state index contributed by atoms with van der Waals surface area (Å²) < 4.78 is 16.8. The van der Waals surface area contributed by atoms with Crippen LogP contribution < -0.4 is 4.74 Å². The van der Waals surface area contributed by atoms with E-state index in [1.165, 1.54) is 19.3 Å². The van der Waals surface area contributed by atoms with Crippen molar-refractivity contribution in [1.82, 2.24) is 4.90 Å². The fourth-order valence-corrected chi connectivity index (χ4v) is 3.92. The number of amides is 1. The molecule has 1 amide bonds. The van der Waals surface area contributed by atoms with E-state index in [0.29, 0.717) is 31.9 Å². The first-order chi connectivity index (χ1) is 17.7. The molecule has 2 aromatic rings. The molecule has 0 aliphatic carbocycles. The molecule has 1 unspecified atom stereocenters. The van der Waals surface area contributed by atoms with Crippen LogP contribution in [0, 0.1) is 0 Å². The van der Waals surface area contributed by atoms with E-state index in [1.807, 2.05) is 68.1 Å². The summed E-state index contributed by atoms with van der Waals surface area (Å²) in [5.74, 6) is 0.261. The molecule has 0 N–H and O–H groups in total. The monoisotopic (exact) mass is 511 g/mol. The highest BCUT2D eigenvalue weighted by molar-refractivity contribution is 5.75. The third-order valence-electron chi connectivity index (χ3n) is 5.87. The minimum absolute atomic E-state index is 0.255. The standard InChI is InChI=1S/C31H45NO5/c1-6-8-9-10-14-22-32(30(34)37-31(3,4)5)23-21-25-17-19-26(20-18-25)24-28(29(33)35-7-2)36-27-15-12-11-13-16-27/h11-13,15-20,28H,6-10,14,21-24H2,1-5H3. The number of ether oxygens (including phenoxy) is 3. The van der Waals surface area contributed by atoms with Gasteiger partial charge in [0.05, 0.1) is 6.61 Å². The Labute approximate surface area is 223 Å². The predicted molar refractivity (Wildman–Crippen MR) is 148 cm³/mol. The van der Waals surface area contributed by atoms with Gasteiger partial charge in [-0.1, -0.05) is 75.1 Å². The molecule has 0 saturated heterocycles. The van der Waals surface area contributed by atoms with Gasteiger partial charge in [0, 0.05) is 19.5 Å². The van der Waals surface area contributed by atoms with Gasteiger partial charge in [-0.05, 0) is 63.8 Å². The summed E-state index contributed by atoms with van der Waals surface area (Å²) in [6.45, 7) is 11.3. The van der Waals surface area contributed by atoms with Gasteiger partial charge in [0.1, 0.15) is 11.4 Å². The lowest BCUT2D eigenvalue weighted by molar-refractivity contribution is -0.151. The Kier molecular flexibility index (Phi) is 13.0. The zero-order chi connectivity index (χ0) is 27.1. The van der Waals surface area contributed by atoms with Crippen LogP contribution in [0.2, 0.25) is 0 Å². The molecule has 0 aromatic heterocycles. The van der Waals surface area contributed by atoms with E-state index in [-0.39, 0.29) is 12.1 Å². The molecule has 0 saturated carbocycles. The number of unbranched alkanes of at least 4 members (excludes halogenated alkanes) is 4. The van der Waals surface area contributed by atoms with Crippen molar-refractivity contribution in [3.05, 3.63) is 65.7 Å². The molecule has 0 aliphatic rings. The highest BCUT2D eigenvalue weighted by Crippen LogP contribution is 2.17. The topological polar surface area (TPSA) is 65.1 Å². The number of para-hydroxylation sites is 1. The molecule has 0 spiro atoms. The number of carbonyl (C=O) groups is 2. The molecule has 0 radical (unpaired) electrons. The number of nitrogens with zero attached hydrogens (tertiary/aromatic N) is 1. The van der Waals surface area contributed by atoms with Crippen molar-refractivity contribution >= 4 is 12.1 Å². The number of hydrogen-bond donors (Lipinski definition) is 0. The maximum absolute atomic E-state index is 12.8. The van der Waals surface area contributed by atoms with Gasteiger partial charge in [-0.3, -0.25) is 0 Å². The third-order valence-corrected chi connectivity index (χ3v) is 5.87. The second kappa shape index (κ2) is 16.0. The summed E-state index contributed by atoms with van der Waals surface area (Å²) >= 11 is 0. The van der Waals surface area contributed by atoms with Crippen LogP contribution in [-0.4, -0.2) is 48.4 Å².